The molecule has 1 N–H and O–H groups in total. The fourth-order valence-corrected chi connectivity index (χ4v) is 4.09. The van der Waals surface area contributed by atoms with E-state index in [-0.39, 0.29) is 32.4 Å². The molecule has 1 amide bonds. The van der Waals surface area contributed by atoms with Gasteiger partial charge in [-0.25, -0.2) is 9.59 Å². The van der Waals surface area contributed by atoms with Crippen molar-refractivity contribution >= 4 is 18.0 Å². The van der Waals surface area contributed by atoms with Gasteiger partial charge in [0, 0.05) is 5.56 Å². The lowest BCUT2D eigenvalue weighted by Gasteiger charge is -2.23. The second-order valence-electron chi connectivity index (χ2n) is 12.3. The molecule has 0 aliphatic carbocycles. The van der Waals surface area contributed by atoms with Crippen LogP contribution in [0.15, 0.2) is 72.8 Å². The number of para-hydroxylation sites is 1. The molecule has 0 saturated heterocycles. The Morgan fingerprint density at radius 1 is 0.778 bits per heavy atom. The van der Waals surface area contributed by atoms with E-state index in [1.165, 1.54) is 0 Å². The van der Waals surface area contributed by atoms with Crippen molar-refractivity contribution < 1.29 is 38.1 Å². The average molecular weight is 620 g/mol. The van der Waals surface area contributed by atoms with Crippen LogP contribution in [0, 0.1) is 12.3 Å². The van der Waals surface area contributed by atoms with Crippen molar-refractivity contribution in [3.63, 3.8) is 0 Å². The first-order valence-corrected chi connectivity index (χ1v) is 15.1. The minimum absolute atomic E-state index is 0.0646. The summed E-state index contributed by atoms with van der Waals surface area (Å²) in [4.78, 5) is 38.1. The largest absolute Gasteiger partial charge is 0.490 e. The third kappa shape index (κ3) is 11.2. The summed E-state index contributed by atoms with van der Waals surface area (Å²) in [6.07, 6.45) is -0.0540. The lowest BCUT2D eigenvalue weighted by Crippen LogP contribution is -2.38. The summed E-state index contributed by atoms with van der Waals surface area (Å²) in [6, 6.07) is 20.7. The molecule has 3 rings (SSSR count). The number of carbonyl (C=O) groups excluding carboxylic acids is 3. The Kier molecular flexibility index (Phi) is 12.4. The van der Waals surface area contributed by atoms with Crippen LogP contribution in [0.3, 0.4) is 0 Å². The Bertz CT molecular complexity index is 1410. The molecule has 3 aromatic carbocycles. The Balaban J connectivity index is 1.61. The summed E-state index contributed by atoms with van der Waals surface area (Å²) in [7, 11) is 0. The van der Waals surface area contributed by atoms with Gasteiger partial charge in [0.15, 0.2) is 6.04 Å². The summed E-state index contributed by atoms with van der Waals surface area (Å²) < 4.78 is 28.4. The smallest absolute Gasteiger partial charge is 0.408 e. The van der Waals surface area contributed by atoms with Crippen LogP contribution in [-0.4, -0.2) is 36.8 Å². The van der Waals surface area contributed by atoms with Crippen molar-refractivity contribution in [2.45, 2.75) is 79.7 Å². The zero-order chi connectivity index (χ0) is 33.0. The normalized spacial score (nSPS) is 12.1. The molecule has 3 aromatic rings. The summed E-state index contributed by atoms with van der Waals surface area (Å²) in [6.45, 7) is 13.5. The Hall–Kier alpha value is -4.53. The van der Waals surface area contributed by atoms with E-state index in [9.17, 15) is 14.4 Å². The number of alkyl carbamates (subject to hydrolysis) is 1. The minimum Gasteiger partial charge on any atom is -0.490 e. The van der Waals surface area contributed by atoms with E-state index in [0.29, 0.717) is 23.5 Å². The van der Waals surface area contributed by atoms with E-state index in [4.69, 9.17) is 23.7 Å². The predicted molar refractivity (Wildman–Crippen MR) is 171 cm³/mol. The van der Waals surface area contributed by atoms with Gasteiger partial charge in [-0.05, 0) is 76.8 Å². The van der Waals surface area contributed by atoms with Crippen LogP contribution in [0.1, 0.15) is 76.3 Å². The Morgan fingerprint density at radius 2 is 1.44 bits per heavy atom. The first kappa shape index (κ1) is 35.0. The van der Waals surface area contributed by atoms with E-state index in [0.717, 1.165) is 16.7 Å². The number of aryl methyl sites for hydroxylation is 1. The second-order valence-corrected chi connectivity index (χ2v) is 12.3. The Morgan fingerprint density at radius 3 is 2.09 bits per heavy atom. The van der Waals surface area contributed by atoms with Crippen molar-refractivity contribution in [3.05, 3.63) is 95.1 Å². The van der Waals surface area contributed by atoms with Crippen LogP contribution in [0.5, 0.6) is 11.5 Å². The van der Waals surface area contributed by atoms with Gasteiger partial charge in [0.2, 0.25) is 0 Å². The zero-order valence-electron chi connectivity index (χ0n) is 27.3. The molecule has 0 saturated carbocycles. The SMILES string of the molecule is CCC(C)(C)C(=O)OCc1cccc(C)c1OCCOc1ccc([C@H](NC(=O)OC(C)(C)C)C(=O)OCc2ccccc2)cc1. The molecule has 0 heterocycles. The molecule has 0 unspecified atom stereocenters. The van der Waals surface area contributed by atoms with Gasteiger partial charge in [0.05, 0.1) is 5.41 Å². The molecular weight excluding hydrogens is 574 g/mol. The number of nitrogens with one attached hydrogen (secondary N) is 1. The number of amides is 1. The highest BCUT2D eigenvalue weighted by Gasteiger charge is 2.28. The summed E-state index contributed by atoms with van der Waals surface area (Å²) in [5.74, 6) is 0.336. The van der Waals surface area contributed by atoms with Crippen LogP contribution in [0.2, 0.25) is 0 Å². The summed E-state index contributed by atoms with van der Waals surface area (Å²) in [5, 5.41) is 2.63. The van der Waals surface area contributed by atoms with Crippen molar-refractivity contribution in [1.82, 2.24) is 5.32 Å². The number of carbonyl (C=O) groups is 3. The van der Waals surface area contributed by atoms with Gasteiger partial charge in [-0.15, -0.1) is 0 Å². The molecule has 9 heteroatoms. The Labute approximate surface area is 266 Å². The first-order valence-electron chi connectivity index (χ1n) is 15.1. The quantitative estimate of drug-likeness (QED) is 0.114. The monoisotopic (exact) mass is 619 g/mol. The number of rotatable bonds is 14. The van der Waals surface area contributed by atoms with E-state index in [1.54, 1.807) is 45.0 Å². The van der Waals surface area contributed by atoms with Crippen LogP contribution >= 0.6 is 0 Å². The van der Waals surface area contributed by atoms with E-state index in [2.05, 4.69) is 5.32 Å². The average Bonchev–Trinajstić information content (AvgIpc) is 3.00. The van der Waals surface area contributed by atoms with Gasteiger partial charge >= 0.3 is 18.0 Å². The van der Waals surface area contributed by atoms with Gasteiger partial charge in [0.25, 0.3) is 0 Å². The van der Waals surface area contributed by atoms with Gasteiger partial charge in [-0.2, -0.15) is 0 Å². The highest BCUT2D eigenvalue weighted by atomic mass is 16.6. The van der Waals surface area contributed by atoms with E-state index in [1.807, 2.05) is 76.2 Å². The third-order valence-electron chi connectivity index (χ3n) is 7.02. The van der Waals surface area contributed by atoms with E-state index >= 15 is 0 Å². The van der Waals surface area contributed by atoms with E-state index < -0.39 is 29.1 Å². The first-order chi connectivity index (χ1) is 21.3. The fraction of sp³-hybridized carbons (Fsp3) is 0.417. The molecule has 0 bridgehead atoms. The predicted octanol–water partition coefficient (Wildman–Crippen LogP) is 7.24. The topological polar surface area (TPSA) is 109 Å². The van der Waals surface area contributed by atoms with Gasteiger partial charge in [0.1, 0.15) is 43.5 Å². The zero-order valence-corrected chi connectivity index (χ0v) is 27.3. The van der Waals surface area contributed by atoms with Crippen molar-refractivity contribution in [1.29, 1.82) is 0 Å². The van der Waals surface area contributed by atoms with Crippen LogP contribution in [0.4, 0.5) is 4.79 Å². The number of hydrogen-bond donors (Lipinski definition) is 1. The lowest BCUT2D eigenvalue weighted by atomic mass is 9.91. The van der Waals surface area contributed by atoms with Crippen molar-refractivity contribution in [3.8, 4) is 11.5 Å². The highest BCUT2D eigenvalue weighted by molar-refractivity contribution is 5.83. The van der Waals surface area contributed by atoms with Gasteiger partial charge in [-0.3, -0.25) is 4.79 Å². The van der Waals surface area contributed by atoms with Crippen LogP contribution in [-0.2, 0) is 37.0 Å². The third-order valence-corrected chi connectivity index (χ3v) is 7.02. The van der Waals surface area contributed by atoms with Crippen LogP contribution in [0.25, 0.3) is 0 Å². The number of ether oxygens (including phenoxy) is 5. The standard InChI is InChI=1S/C36H45NO8/c1-8-36(6,7)33(39)44-24-28-16-12-13-25(2)31(28)42-22-21-41-29-19-17-27(18-20-29)30(37-34(40)45-35(3,4)5)32(38)43-23-26-14-10-9-11-15-26/h9-20,30H,8,21-24H2,1-7H3,(H,37,40)/t30-/m0/s1. The molecule has 0 spiro atoms. The number of hydrogen-bond acceptors (Lipinski definition) is 8. The summed E-state index contributed by atoms with van der Waals surface area (Å²) in [5.41, 5.74) is 1.74. The molecule has 0 radical (unpaired) electrons. The van der Waals surface area contributed by atoms with Crippen molar-refractivity contribution in [2.24, 2.45) is 5.41 Å². The molecular formula is C36H45NO8. The maximum atomic E-state index is 13.1. The highest BCUT2D eigenvalue weighted by Crippen LogP contribution is 2.27. The van der Waals surface area contributed by atoms with Gasteiger partial charge < -0.3 is 29.0 Å². The van der Waals surface area contributed by atoms with Gasteiger partial charge in [-0.1, -0.05) is 67.6 Å². The van der Waals surface area contributed by atoms with Crippen molar-refractivity contribution in [2.75, 3.05) is 13.2 Å². The number of esters is 2. The molecule has 0 aliphatic heterocycles. The minimum atomic E-state index is -1.09. The molecule has 0 aliphatic rings. The molecule has 0 aromatic heterocycles. The maximum Gasteiger partial charge on any atom is 0.408 e. The second kappa shape index (κ2) is 16.0. The fourth-order valence-electron chi connectivity index (χ4n) is 4.09. The molecule has 1 atom stereocenters. The molecule has 45 heavy (non-hydrogen) atoms. The lowest BCUT2D eigenvalue weighted by molar-refractivity contribution is -0.155. The molecule has 0 fully saturated rings. The number of benzene rings is 3. The van der Waals surface area contributed by atoms with Crippen LogP contribution < -0.4 is 14.8 Å². The molecule has 242 valence electrons. The molecule has 9 nitrogen and oxygen atoms in total. The maximum absolute atomic E-state index is 13.1. The summed E-state index contributed by atoms with van der Waals surface area (Å²) >= 11 is 0.